The van der Waals surface area contributed by atoms with Crippen molar-refractivity contribution in [2.45, 2.75) is 68.9 Å². The Morgan fingerprint density at radius 1 is 1.16 bits per heavy atom. The Balaban J connectivity index is 1.20. The maximum Gasteiger partial charge on any atom is 0.279 e. The summed E-state index contributed by atoms with van der Waals surface area (Å²) in [5.41, 5.74) is 5.25. The van der Waals surface area contributed by atoms with E-state index < -0.39 is 5.41 Å². The SMILES string of the molecule is Cn1cnnc1C1(c2cccc(-n3cc(C4CC4)c4cc(CN5CCC6(CC6)C5)[nH]c4c3=O)c2)CC(O)C1. The smallest absolute Gasteiger partial charge is 0.279 e. The Bertz CT molecular complexity index is 1620. The number of hydrogen-bond donors (Lipinski definition) is 2. The summed E-state index contributed by atoms with van der Waals surface area (Å²) in [6.45, 7) is 3.23. The first-order chi connectivity index (χ1) is 18.4. The van der Waals surface area contributed by atoms with Crippen molar-refractivity contribution >= 4 is 10.9 Å². The van der Waals surface area contributed by atoms with E-state index in [4.69, 9.17) is 0 Å². The van der Waals surface area contributed by atoms with Crippen LogP contribution >= 0.6 is 0 Å². The highest BCUT2D eigenvalue weighted by Gasteiger charge is 2.50. The molecule has 0 amide bonds. The van der Waals surface area contributed by atoms with Crippen LogP contribution in [-0.4, -0.2) is 53.5 Å². The number of aromatic amines is 1. The third kappa shape index (κ3) is 3.46. The molecule has 0 radical (unpaired) electrons. The van der Waals surface area contributed by atoms with Crippen molar-refractivity contribution < 1.29 is 5.11 Å². The molecule has 1 saturated heterocycles. The molecule has 38 heavy (non-hydrogen) atoms. The fourth-order valence-corrected chi connectivity index (χ4v) is 7.24. The topological polar surface area (TPSA) is 92.0 Å². The van der Waals surface area contributed by atoms with Gasteiger partial charge in [0, 0.05) is 43.1 Å². The zero-order chi connectivity index (χ0) is 25.6. The van der Waals surface area contributed by atoms with E-state index >= 15 is 0 Å². The molecule has 3 saturated carbocycles. The molecular formula is C30H34N6O2. The molecule has 196 valence electrons. The monoisotopic (exact) mass is 510 g/mol. The standard InChI is InChI=1S/C30H34N6O2/c1-34-18-31-33-28(34)30(13-23(37)14-30)20-3-2-4-22(11-20)36-16-25(19-5-6-19)24-12-21(32-26(24)27(36)38)15-35-10-9-29(17-35)7-8-29/h2-4,11-12,16,18-19,23,32,37H,5-10,13-15,17H2,1H3. The molecule has 4 aromatic rings. The van der Waals surface area contributed by atoms with Gasteiger partial charge in [-0.1, -0.05) is 12.1 Å². The third-order valence-electron chi connectivity index (χ3n) is 9.76. The van der Waals surface area contributed by atoms with Gasteiger partial charge in [0.25, 0.3) is 5.56 Å². The summed E-state index contributed by atoms with van der Waals surface area (Å²) in [6, 6.07) is 10.5. The number of benzene rings is 1. The van der Waals surface area contributed by atoms with Crippen LogP contribution in [0.4, 0.5) is 0 Å². The van der Waals surface area contributed by atoms with Gasteiger partial charge < -0.3 is 14.7 Å². The lowest BCUT2D eigenvalue weighted by atomic mass is 9.62. The van der Waals surface area contributed by atoms with Gasteiger partial charge in [-0.25, -0.2) is 0 Å². The van der Waals surface area contributed by atoms with Gasteiger partial charge in [-0.3, -0.25) is 14.3 Å². The summed E-state index contributed by atoms with van der Waals surface area (Å²) in [5.74, 6) is 1.37. The van der Waals surface area contributed by atoms with Gasteiger partial charge in [-0.2, -0.15) is 0 Å². The molecule has 8 rings (SSSR count). The molecule has 0 bridgehead atoms. The van der Waals surface area contributed by atoms with E-state index in [0.29, 0.717) is 24.2 Å². The fourth-order valence-electron chi connectivity index (χ4n) is 7.24. The Labute approximate surface area is 221 Å². The molecule has 0 unspecified atom stereocenters. The zero-order valence-electron chi connectivity index (χ0n) is 21.9. The molecule has 1 aliphatic heterocycles. The van der Waals surface area contributed by atoms with Crippen molar-refractivity contribution in [2.24, 2.45) is 12.5 Å². The number of rotatable bonds is 6. The van der Waals surface area contributed by atoms with Crippen molar-refractivity contribution in [1.29, 1.82) is 0 Å². The molecule has 3 aliphatic carbocycles. The van der Waals surface area contributed by atoms with E-state index in [9.17, 15) is 9.90 Å². The first-order valence-corrected chi connectivity index (χ1v) is 14.1. The predicted molar refractivity (Wildman–Crippen MR) is 144 cm³/mol. The summed E-state index contributed by atoms with van der Waals surface area (Å²) >= 11 is 0. The molecule has 0 atom stereocenters. The molecule has 4 fully saturated rings. The van der Waals surface area contributed by atoms with Gasteiger partial charge in [0.15, 0.2) is 0 Å². The van der Waals surface area contributed by atoms with E-state index in [0.717, 1.165) is 46.8 Å². The summed E-state index contributed by atoms with van der Waals surface area (Å²) < 4.78 is 3.77. The number of aliphatic hydroxyl groups excluding tert-OH is 1. The van der Waals surface area contributed by atoms with Gasteiger partial charge >= 0.3 is 0 Å². The summed E-state index contributed by atoms with van der Waals surface area (Å²) in [5, 5.41) is 19.9. The zero-order valence-corrected chi connectivity index (χ0v) is 21.9. The minimum atomic E-state index is -0.401. The van der Waals surface area contributed by atoms with Crippen LogP contribution in [0, 0.1) is 5.41 Å². The second-order valence-electron chi connectivity index (χ2n) is 12.5. The third-order valence-corrected chi connectivity index (χ3v) is 9.76. The number of hydrogen-bond acceptors (Lipinski definition) is 5. The number of H-pyrrole nitrogens is 1. The van der Waals surface area contributed by atoms with Crippen LogP contribution in [-0.2, 0) is 19.0 Å². The number of aryl methyl sites for hydroxylation is 1. The fraction of sp³-hybridized carbons (Fsp3) is 0.500. The summed E-state index contributed by atoms with van der Waals surface area (Å²) in [7, 11) is 1.95. The van der Waals surface area contributed by atoms with Gasteiger partial charge in [0.05, 0.1) is 11.5 Å². The van der Waals surface area contributed by atoms with Crippen LogP contribution in [0.1, 0.15) is 73.5 Å². The normalized spacial score (nSPS) is 26.3. The quantitative estimate of drug-likeness (QED) is 0.412. The summed E-state index contributed by atoms with van der Waals surface area (Å²) in [6.07, 6.45) is 11.1. The van der Waals surface area contributed by atoms with Crippen LogP contribution in [0.25, 0.3) is 16.6 Å². The van der Waals surface area contributed by atoms with Crippen molar-refractivity contribution in [2.75, 3.05) is 13.1 Å². The van der Waals surface area contributed by atoms with Crippen LogP contribution in [0.15, 0.2) is 47.7 Å². The lowest BCUT2D eigenvalue weighted by Crippen LogP contribution is -2.47. The Kier molecular flexibility index (Phi) is 4.72. The lowest BCUT2D eigenvalue weighted by molar-refractivity contribution is 0.0323. The van der Waals surface area contributed by atoms with Crippen LogP contribution in [0.3, 0.4) is 0 Å². The summed E-state index contributed by atoms with van der Waals surface area (Å²) in [4.78, 5) is 20.0. The predicted octanol–water partition coefficient (Wildman–Crippen LogP) is 3.75. The molecular weight excluding hydrogens is 476 g/mol. The van der Waals surface area contributed by atoms with E-state index in [-0.39, 0.29) is 11.7 Å². The second kappa shape index (κ2) is 7.90. The van der Waals surface area contributed by atoms with Crippen molar-refractivity contribution in [3.05, 3.63) is 75.9 Å². The average Bonchev–Trinajstić information content (AvgIpc) is 3.74. The molecule has 1 spiro atoms. The molecule has 1 aromatic carbocycles. The number of aliphatic hydroxyl groups is 1. The van der Waals surface area contributed by atoms with Crippen molar-refractivity contribution in [3.8, 4) is 5.69 Å². The molecule has 8 heteroatoms. The highest BCUT2D eigenvalue weighted by Crippen LogP contribution is 2.53. The molecule has 4 aliphatic rings. The van der Waals surface area contributed by atoms with Crippen molar-refractivity contribution in [1.82, 2.24) is 29.2 Å². The maximum absolute atomic E-state index is 13.9. The number of aromatic nitrogens is 5. The van der Waals surface area contributed by atoms with Crippen LogP contribution in [0.5, 0.6) is 0 Å². The van der Waals surface area contributed by atoms with Gasteiger partial charge in [-0.15, -0.1) is 10.2 Å². The second-order valence-corrected chi connectivity index (χ2v) is 12.5. The Hall–Kier alpha value is -3.23. The van der Waals surface area contributed by atoms with Crippen LogP contribution in [0.2, 0.25) is 0 Å². The van der Waals surface area contributed by atoms with Crippen molar-refractivity contribution in [3.63, 3.8) is 0 Å². The Morgan fingerprint density at radius 2 is 2.00 bits per heavy atom. The number of pyridine rings is 1. The number of nitrogens with one attached hydrogen (secondary N) is 1. The van der Waals surface area contributed by atoms with E-state index in [1.807, 2.05) is 28.3 Å². The van der Waals surface area contributed by atoms with E-state index in [1.165, 1.54) is 44.2 Å². The largest absolute Gasteiger partial charge is 0.393 e. The average molecular weight is 511 g/mol. The highest BCUT2D eigenvalue weighted by atomic mass is 16.3. The van der Waals surface area contributed by atoms with E-state index in [1.54, 1.807) is 6.33 Å². The molecule has 4 heterocycles. The molecule has 2 N–H and O–H groups in total. The first kappa shape index (κ1) is 22.7. The number of nitrogens with zero attached hydrogens (tertiary/aromatic N) is 5. The minimum Gasteiger partial charge on any atom is -0.393 e. The minimum absolute atomic E-state index is 0.00534. The number of likely N-dealkylation sites (tertiary alicyclic amines) is 1. The lowest BCUT2D eigenvalue weighted by Gasteiger charge is -2.44. The Morgan fingerprint density at radius 3 is 2.68 bits per heavy atom. The number of fused-ring (bicyclic) bond motifs is 1. The first-order valence-electron chi connectivity index (χ1n) is 14.1. The van der Waals surface area contributed by atoms with Gasteiger partial charge in [-0.05, 0) is 92.1 Å². The highest BCUT2D eigenvalue weighted by molar-refractivity contribution is 5.84. The van der Waals surface area contributed by atoms with Gasteiger partial charge in [0.1, 0.15) is 17.7 Å². The maximum atomic E-state index is 13.9. The molecule has 8 nitrogen and oxygen atoms in total. The molecule has 3 aromatic heterocycles. The van der Waals surface area contributed by atoms with E-state index in [2.05, 4.69) is 44.5 Å². The van der Waals surface area contributed by atoms with Crippen LogP contribution < -0.4 is 5.56 Å². The van der Waals surface area contributed by atoms with Gasteiger partial charge in [0.2, 0.25) is 0 Å².